The number of methoxy groups -OCH3 is 1. The second-order valence-corrected chi connectivity index (χ2v) is 5.48. The largest absolute Gasteiger partial charge is 0.506 e. The van der Waals surface area contributed by atoms with E-state index in [1.807, 2.05) is 42.5 Å². The molecule has 1 heterocycles. The van der Waals surface area contributed by atoms with Crippen molar-refractivity contribution < 1.29 is 14.6 Å². The molecule has 0 aliphatic carbocycles. The lowest BCUT2D eigenvalue weighted by atomic mass is 10.2. The number of thiophene rings is 1. The first-order valence-electron chi connectivity index (χ1n) is 6.24. The van der Waals surface area contributed by atoms with E-state index in [0.29, 0.717) is 12.4 Å². The lowest BCUT2D eigenvalue weighted by Gasteiger charge is -2.08. The van der Waals surface area contributed by atoms with Crippen LogP contribution in [0.25, 0.3) is 10.1 Å². The minimum absolute atomic E-state index is 0.316. The van der Waals surface area contributed by atoms with Gasteiger partial charge in [-0.25, -0.2) is 0 Å². The molecular weight excluding hydrogens is 272 g/mol. The molecule has 0 spiro atoms. The second kappa shape index (κ2) is 5.43. The van der Waals surface area contributed by atoms with Gasteiger partial charge in [0.2, 0.25) is 0 Å². The van der Waals surface area contributed by atoms with E-state index >= 15 is 0 Å². The molecule has 1 aromatic heterocycles. The van der Waals surface area contributed by atoms with Gasteiger partial charge in [0.15, 0.2) is 11.5 Å². The molecule has 0 aliphatic rings. The SMILES string of the molecule is COc1ccccc1OCc1cc2cccc(O)c2s1. The number of fused-ring (bicyclic) bond motifs is 1. The lowest BCUT2D eigenvalue weighted by Crippen LogP contribution is -1.95. The van der Waals surface area contributed by atoms with Crippen LogP contribution in [0.2, 0.25) is 0 Å². The Bertz CT molecular complexity index is 733. The van der Waals surface area contributed by atoms with Gasteiger partial charge in [0, 0.05) is 4.88 Å². The Morgan fingerprint density at radius 2 is 1.85 bits per heavy atom. The number of aromatic hydroxyl groups is 1. The van der Waals surface area contributed by atoms with E-state index < -0.39 is 0 Å². The van der Waals surface area contributed by atoms with E-state index in [2.05, 4.69) is 0 Å². The summed E-state index contributed by atoms with van der Waals surface area (Å²) in [6, 6.07) is 15.1. The molecule has 0 saturated carbocycles. The standard InChI is InChI=1S/C16H14O3S/c1-18-14-7-2-3-8-15(14)19-10-12-9-11-5-4-6-13(17)16(11)20-12/h2-9,17H,10H2,1H3. The first kappa shape index (κ1) is 12.8. The van der Waals surface area contributed by atoms with Gasteiger partial charge in [0.1, 0.15) is 12.4 Å². The number of phenolic OH excluding ortho intramolecular Hbond substituents is 1. The van der Waals surface area contributed by atoms with E-state index in [0.717, 1.165) is 26.5 Å². The van der Waals surface area contributed by atoms with Gasteiger partial charge in [-0.15, -0.1) is 11.3 Å². The average Bonchev–Trinajstić information content (AvgIpc) is 2.90. The Morgan fingerprint density at radius 3 is 2.60 bits per heavy atom. The molecule has 20 heavy (non-hydrogen) atoms. The Hall–Kier alpha value is -2.20. The van der Waals surface area contributed by atoms with Crippen molar-refractivity contribution in [2.75, 3.05) is 7.11 Å². The van der Waals surface area contributed by atoms with Crippen LogP contribution < -0.4 is 9.47 Å². The number of hydrogen-bond acceptors (Lipinski definition) is 4. The third-order valence-corrected chi connectivity index (χ3v) is 4.16. The van der Waals surface area contributed by atoms with Crippen LogP contribution in [0.1, 0.15) is 4.88 Å². The molecule has 0 unspecified atom stereocenters. The number of para-hydroxylation sites is 2. The first-order chi connectivity index (χ1) is 9.78. The van der Waals surface area contributed by atoms with Crippen LogP contribution in [-0.4, -0.2) is 12.2 Å². The maximum Gasteiger partial charge on any atom is 0.161 e. The van der Waals surface area contributed by atoms with Gasteiger partial charge in [-0.1, -0.05) is 24.3 Å². The van der Waals surface area contributed by atoms with Crippen LogP contribution in [-0.2, 0) is 6.61 Å². The predicted octanol–water partition coefficient (Wildman–Crippen LogP) is 4.19. The van der Waals surface area contributed by atoms with Gasteiger partial charge in [-0.05, 0) is 29.7 Å². The summed E-state index contributed by atoms with van der Waals surface area (Å²) >= 11 is 1.54. The average molecular weight is 286 g/mol. The van der Waals surface area contributed by atoms with Gasteiger partial charge >= 0.3 is 0 Å². The molecule has 2 aromatic carbocycles. The number of ether oxygens (including phenoxy) is 2. The molecule has 3 rings (SSSR count). The number of hydrogen-bond donors (Lipinski definition) is 1. The summed E-state index contributed by atoms with van der Waals surface area (Å²) in [5.74, 6) is 1.75. The maximum absolute atomic E-state index is 9.80. The van der Waals surface area contributed by atoms with E-state index in [1.165, 1.54) is 0 Å². The summed E-state index contributed by atoms with van der Waals surface area (Å²) in [6.07, 6.45) is 0. The molecule has 102 valence electrons. The van der Waals surface area contributed by atoms with Crippen molar-refractivity contribution in [3.8, 4) is 17.2 Å². The van der Waals surface area contributed by atoms with E-state index in [9.17, 15) is 5.11 Å². The number of phenols is 1. The fourth-order valence-corrected chi connectivity index (χ4v) is 3.04. The zero-order valence-corrected chi connectivity index (χ0v) is 11.8. The molecule has 0 radical (unpaired) electrons. The van der Waals surface area contributed by atoms with Gasteiger partial charge in [0.25, 0.3) is 0 Å². The Labute approximate surface area is 121 Å². The Kier molecular flexibility index (Phi) is 3.48. The second-order valence-electron chi connectivity index (χ2n) is 4.35. The first-order valence-corrected chi connectivity index (χ1v) is 7.06. The normalized spacial score (nSPS) is 10.7. The highest BCUT2D eigenvalue weighted by molar-refractivity contribution is 7.19. The quantitative estimate of drug-likeness (QED) is 0.781. The van der Waals surface area contributed by atoms with Gasteiger partial charge in [0.05, 0.1) is 11.8 Å². The summed E-state index contributed by atoms with van der Waals surface area (Å²) in [6.45, 7) is 0.458. The van der Waals surface area contributed by atoms with Crippen LogP contribution in [0.3, 0.4) is 0 Å². The van der Waals surface area contributed by atoms with Crippen LogP contribution in [0.15, 0.2) is 48.5 Å². The van der Waals surface area contributed by atoms with Crippen molar-refractivity contribution in [3.05, 3.63) is 53.4 Å². The summed E-state index contributed by atoms with van der Waals surface area (Å²) in [7, 11) is 1.62. The van der Waals surface area contributed by atoms with Crippen molar-refractivity contribution in [1.29, 1.82) is 0 Å². The van der Waals surface area contributed by atoms with Crippen LogP contribution >= 0.6 is 11.3 Å². The summed E-state index contributed by atoms with van der Waals surface area (Å²) < 4.78 is 11.9. The zero-order chi connectivity index (χ0) is 13.9. The Balaban J connectivity index is 1.82. The lowest BCUT2D eigenvalue weighted by molar-refractivity contribution is 0.287. The molecule has 0 atom stereocenters. The minimum Gasteiger partial charge on any atom is -0.506 e. The van der Waals surface area contributed by atoms with E-state index in [1.54, 1.807) is 24.5 Å². The van der Waals surface area contributed by atoms with E-state index in [-0.39, 0.29) is 0 Å². The van der Waals surface area contributed by atoms with Crippen molar-refractivity contribution in [3.63, 3.8) is 0 Å². The molecule has 0 aliphatic heterocycles. The third-order valence-electron chi connectivity index (χ3n) is 3.01. The molecule has 0 bridgehead atoms. The van der Waals surface area contributed by atoms with Gasteiger partial charge < -0.3 is 14.6 Å². The fraction of sp³-hybridized carbons (Fsp3) is 0.125. The monoisotopic (exact) mass is 286 g/mol. The van der Waals surface area contributed by atoms with Crippen molar-refractivity contribution in [2.24, 2.45) is 0 Å². The maximum atomic E-state index is 9.80. The smallest absolute Gasteiger partial charge is 0.161 e. The molecule has 4 heteroatoms. The summed E-state index contributed by atoms with van der Waals surface area (Å²) in [5.41, 5.74) is 0. The molecule has 3 aromatic rings. The molecule has 3 nitrogen and oxygen atoms in total. The van der Waals surface area contributed by atoms with Crippen molar-refractivity contribution in [1.82, 2.24) is 0 Å². The molecule has 0 fully saturated rings. The summed E-state index contributed by atoms with van der Waals surface area (Å²) in [5, 5.41) is 10.8. The molecule has 0 amide bonds. The number of rotatable bonds is 4. The highest BCUT2D eigenvalue weighted by Gasteiger charge is 2.07. The zero-order valence-electron chi connectivity index (χ0n) is 11.0. The fourth-order valence-electron chi connectivity index (χ4n) is 2.06. The van der Waals surface area contributed by atoms with Crippen molar-refractivity contribution in [2.45, 2.75) is 6.61 Å². The van der Waals surface area contributed by atoms with Crippen LogP contribution in [0.5, 0.6) is 17.2 Å². The minimum atomic E-state index is 0.316. The van der Waals surface area contributed by atoms with Crippen molar-refractivity contribution >= 4 is 21.4 Å². The molecule has 1 N–H and O–H groups in total. The van der Waals surface area contributed by atoms with E-state index in [4.69, 9.17) is 9.47 Å². The molecule has 0 saturated heterocycles. The van der Waals surface area contributed by atoms with Gasteiger partial charge in [-0.2, -0.15) is 0 Å². The number of benzene rings is 2. The molecular formula is C16H14O3S. The van der Waals surface area contributed by atoms with Gasteiger partial charge in [-0.3, -0.25) is 0 Å². The third kappa shape index (κ3) is 2.42. The predicted molar refractivity (Wildman–Crippen MR) is 80.8 cm³/mol. The topological polar surface area (TPSA) is 38.7 Å². The summed E-state index contributed by atoms with van der Waals surface area (Å²) in [4.78, 5) is 1.06. The highest BCUT2D eigenvalue weighted by atomic mass is 32.1. The van der Waals surface area contributed by atoms with Crippen LogP contribution in [0, 0.1) is 0 Å². The van der Waals surface area contributed by atoms with Crippen LogP contribution in [0.4, 0.5) is 0 Å². The Morgan fingerprint density at radius 1 is 1.05 bits per heavy atom. The highest BCUT2D eigenvalue weighted by Crippen LogP contribution is 2.34.